The maximum atomic E-state index is 5.62. The van der Waals surface area contributed by atoms with Crippen molar-refractivity contribution in [2.24, 2.45) is 5.73 Å². The molecule has 2 aromatic rings. The lowest BCUT2D eigenvalue weighted by atomic mass is 10.00. The lowest BCUT2D eigenvalue weighted by molar-refractivity contribution is 0.269. The molecule has 0 bridgehead atoms. The van der Waals surface area contributed by atoms with Gasteiger partial charge < -0.3 is 10.5 Å². The molecule has 0 radical (unpaired) electrons. The van der Waals surface area contributed by atoms with Gasteiger partial charge in [0.05, 0.1) is 7.11 Å². The molecule has 0 aliphatic carbocycles. The standard InChI is InChI=1S/C18H24N2O/c1-14(20(2)13-12-19)15-8-10-16(11-9-15)17-6-4-5-7-18(17)21-3/h4-11,14H,12-13,19H2,1-3H3. The summed E-state index contributed by atoms with van der Waals surface area (Å²) >= 11 is 0. The monoisotopic (exact) mass is 284 g/mol. The van der Waals surface area contributed by atoms with E-state index < -0.39 is 0 Å². The van der Waals surface area contributed by atoms with E-state index in [4.69, 9.17) is 10.5 Å². The predicted octanol–water partition coefficient (Wildman–Crippen LogP) is 3.31. The molecule has 0 spiro atoms. The van der Waals surface area contributed by atoms with Gasteiger partial charge in [-0.1, -0.05) is 42.5 Å². The number of rotatable bonds is 6. The van der Waals surface area contributed by atoms with Gasteiger partial charge in [-0.25, -0.2) is 0 Å². The van der Waals surface area contributed by atoms with Gasteiger partial charge in [-0.05, 0) is 31.2 Å². The number of ether oxygens (including phenoxy) is 1. The number of nitrogens with two attached hydrogens (primary N) is 1. The summed E-state index contributed by atoms with van der Waals surface area (Å²) in [4.78, 5) is 2.26. The van der Waals surface area contributed by atoms with Crippen LogP contribution >= 0.6 is 0 Å². The molecule has 3 heteroatoms. The second-order valence-corrected chi connectivity index (χ2v) is 5.27. The topological polar surface area (TPSA) is 38.5 Å². The minimum absolute atomic E-state index is 0.361. The minimum atomic E-state index is 0.361. The van der Waals surface area contributed by atoms with E-state index in [-0.39, 0.29) is 0 Å². The quantitative estimate of drug-likeness (QED) is 0.884. The molecular weight excluding hydrogens is 260 g/mol. The van der Waals surface area contributed by atoms with Gasteiger partial charge in [0.25, 0.3) is 0 Å². The van der Waals surface area contributed by atoms with E-state index >= 15 is 0 Å². The fraction of sp³-hybridized carbons (Fsp3) is 0.333. The average Bonchev–Trinajstić information content (AvgIpc) is 2.54. The van der Waals surface area contributed by atoms with Gasteiger partial charge in [0, 0.05) is 24.7 Å². The fourth-order valence-corrected chi connectivity index (χ4v) is 2.48. The first-order valence-corrected chi connectivity index (χ1v) is 7.31. The zero-order valence-corrected chi connectivity index (χ0v) is 13.0. The molecule has 0 amide bonds. The molecule has 0 aromatic heterocycles. The van der Waals surface area contributed by atoms with Gasteiger partial charge in [-0.15, -0.1) is 0 Å². The Morgan fingerprint density at radius 3 is 2.38 bits per heavy atom. The second-order valence-electron chi connectivity index (χ2n) is 5.27. The van der Waals surface area contributed by atoms with E-state index in [0.29, 0.717) is 12.6 Å². The Balaban J connectivity index is 2.23. The van der Waals surface area contributed by atoms with E-state index in [1.54, 1.807) is 7.11 Å². The smallest absolute Gasteiger partial charge is 0.126 e. The summed E-state index contributed by atoms with van der Waals surface area (Å²) in [6.07, 6.45) is 0. The normalized spacial score (nSPS) is 12.4. The average molecular weight is 284 g/mol. The highest BCUT2D eigenvalue weighted by atomic mass is 16.5. The largest absolute Gasteiger partial charge is 0.496 e. The second kappa shape index (κ2) is 7.25. The number of likely N-dealkylation sites (N-methyl/N-ethyl adjacent to an activating group) is 1. The van der Waals surface area contributed by atoms with Crippen LogP contribution in [0.15, 0.2) is 48.5 Å². The third-order valence-corrected chi connectivity index (χ3v) is 3.95. The molecule has 2 rings (SSSR count). The number of benzene rings is 2. The maximum Gasteiger partial charge on any atom is 0.126 e. The summed E-state index contributed by atoms with van der Waals surface area (Å²) in [5, 5.41) is 0. The van der Waals surface area contributed by atoms with Crippen LogP contribution in [-0.2, 0) is 0 Å². The van der Waals surface area contributed by atoms with Crippen molar-refractivity contribution in [1.82, 2.24) is 4.90 Å². The fourth-order valence-electron chi connectivity index (χ4n) is 2.48. The van der Waals surface area contributed by atoms with Crippen LogP contribution in [0.1, 0.15) is 18.5 Å². The molecule has 2 N–H and O–H groups in total. The van der Waals surface area contributed by atoms with Crippen LogP contribution in [0.25, 0.3) is 11.1 Å². The molecule has 21 heavy (non-hydrogen) atoms. The Morgan fingerprint density at radius 2 is 1.76 bits per heavy atom. The zero-order chi connectivity index (χ0) is 15.2. The molecular formula is C18H24N2O. The molecule has 0 saturated carbocycles. The minimum Gasteiger partial charge on any atom is -0.496 e. The van der Waals surface area contributed by atoms with Crippen molar-refractivity contribution in [3.8, 4) is 16.9 Å². The zero-order valence-electron chi connectivity index (χ0n) is 13.0. The SMILES string of the molecule is COc1ccccc1-c1ccc(C(C)N(C)CCN)cc1. The first-order valence-electron chi connectivity index (χ1n) is 7.31. The van der Waals surface area contributed by atoms with Crippen LogP contribution in [-0.4, -0.2) is 32.1 Å². The molecule has 0 fully saturated rings. The van der Waals surface area contributed by atoms with Crippen LogP contribution < -0.4 is 10.5 Å². The van der Waals surface area contributed by atoms with Gasteiger partial charge >= 0.3 is 0 Å². The number of hydrogen-bond donors (Lipinski definition) is 1. The van der Waals surface area contributed by atoms with Gasteiger partial charge in [-0.2, -0.15) is 0 Å². The van der Waals surface area contributed by atoms with Crippen molar-refractivity contribution in [3.05, 3.63) is 54.1 Å². The third kappa shape index (κ3) is 3.63. The third-order valence-electron chi connectivity index (χ3n) is 3.95. The Hall–Kier alpha value is -1.84. The molecule has 3 nitrogen and oxygen atoms in total. The molecule has 0 aliphatic heterocycles. The van der Waals surface area contributed by atoms with Crippen molar-refractivity contribution in [1.29, 1.82) is 0 Å². The van der Waals surface area contributed by atoms with E-state index in [9.17, 15) is 0 Å². The Labute approximate surface area is 127 Å². The summed E-state index contributed by atoms with van der Waals surface area (Å²) in [6, 6.07) is 17.1. The maximum absolute atomic E-state index is 5.62. The molecule has 2 aromatic carbocycles. The van der Waals surface area contributed by atoms with Gasteiger partial charge in [0.1, 0.15) is 5.75 Å². The van der Waals surface area contributed by atoms with Crippen molar-refractivity contribution in [2.75, 3.05) is 27.2 Å². The number of hydrogen-bond acceptors (Lipinski definition) is 3. The molecule has 112 valence electrons. The molecule has 0 aliphatic rings. The van der Waals surface area contributed by atoms with Crippen LogP contribution in [0.3, 0.4) is 0 Å². The van der Waals surface area contributed by atoms with Crippen molar-refractivity contribution < 1.29 is 4.74 Å². The number of nitrogens with zero attached hydrogens (tertiary/aromatic N) is 1. The molecule has 0 heterocycles. The van der Waals surface area contributed by atoms with Crippen molar-refractivity contribution >= 4 is 0 Å². The van der Waals surface area contributed by atoms with E-state index in [1.807, 2.05) is 18.2 Å². The molecule has 1 unspecified atom stereocenters. The summed E-state index contributed by atoms with van der Waals surface area (Å²) in [7, 11) is 3.81. The first kappa shape index (κ1) is 15.5. The predicted molar refractivity (Wildman–Crippen MR) is 88.5 cm³/mol. The highest BCUT2D eigenvalue weighted by Gasteiger charge is 2.11. The van der Waals surface area contributed by atoms with Crippen LogP contribution in [0.2, 0.25) is 0 Å². The lowest BCUT2D eigenvalue weighted by Gasteiger charge is -2.24. The number of methoxy groups -OCH3 is 1. The first-order chi connectivity index (χ1) is 10.2. The number of para-hydroxylation sites is 1. The van der Waals surface area contributed by atoms with Crippen LogP contribution in [0, 0.1) is 0 Å². The van der Waals surface area contributed by atoms with E-state index in [0.717, 1.165) is 17.9 Å². The lowest BCUT2D eigenvalue weighted by Crippen LogP contribution is -2.28. The highest BCUT2D eigenvalue weighted by Crippen LogP contribution is 2.30. The summed E-state index contributed by atoms with van der Waals surface area (Å²) in [5.41, 5.74) is 9.21. The highest BCUT2D eigenvalue weighted by molar-refractivity contribution is 5.70. The van der Waals surface area contributed by atoms with Gasteiger partial charge in [-0.3, -0.25) is 4.90 Å². The van der Waals surface area contributed by atoms with E-state index in [2.05, 4.69) is 49.2 Å². The summed E-state index contributed by atoms with van der Waals surface area (Å²) in [6.45, 7) is 3.78. The van der Waals surface area contributed by atoms with E-state index in [1.165, 1.54) is 11.1 Å². The summed E-state index contributed by atoms with van der Waals surface area (Å²) < 4.78 is 5.43. The Kier molecular flexibility index (Phi) is 5.37. The Bertz CT molecular complexity index is 566. The van der Waals surface area contributed by atoms with Crippen molar-refractivity contribution in [3.63, 3.8) is 0 Å². The molecule has 0 saturated heterocycles. The van der Waals surface area contributed by atoms with Crippen LogP contribution in [0.4, 0.5) is 0 Å². The molecule has 1 atom stereocenters. The van der Waals surface area contributed by atoms with Gasteiger partial charge in [0.2, 0.25) is 0 Å². The van der Waals surface area contributed by atoms with Gasteiger partial charge in [0.15, 0.2) is 0 Å². The summed E-state index contributed by atoms with van der Waals surface area (Å²) in [5.74, 6) is 0.901. The Morgan fingerprint density at radius 1 is 1.10 bits per heavy atom. The van der Waals surface area contributed by atoms with Crippen molar-refractivity contribution in [2.45, 2.75) is 13.0 Å². The van der Waals surface area contributed by atoms with Crippen LogP contribution in [0.5, 0.6) is 5.75 Å².